The fourth-order valence-corrected chi connectivity index (χ4v) is 1.39. The van der Waals surface area contributed by atoms with Crippen LogP contribution < -0.4 is 11.1 Å². The fourth-order valence-electron chi connectivity index (χ4n) is 1.20. The van der Waals surface area contributed by atoms with Crippen LogP contribution in [0.4, 0.5) is 5.69 Å². The van der Waals surface area contributed by atoms with Crippen LogP contribution in [0.2, 0.25) is 5.02 Å². The lowest BCUT2D eigenvalue weighted by atomic mass is 10.3. The molecule has 0 radical (unpaired) electrons. The minimum absolute atomic E-state index is 0.132. The van der Waals surface area contributed by atoms with E-state index in [1.807, 2.05) is 12.1 Å². The molecule has 0 fully saturated rings. The van der Waals surface area contributed by atoms with E-state index in [1.165, 1.54) is 0 Å². The van der Waals surface area contributed by atoms with E-state index in [2.05, 4.69) is 15.5 Å². The van der Waals surface area contributed by atoms with Gasteiger partial charge in [-0.1, -0.05) is 22.8 Å². The molecule has 0 aliphatic rings. The molecule has 0 saturated carbocycles. The Bertz CT molecular complexity index is 541. The van der Waals surface area contributed by atoms with E-state index in [0.717, 1.165) is 5.69 Å². The minimum Gasteiger partial charge on any atom is -0.376 e. The molecule has 2 rings (SSSR count). The number of carbonyl (C=O) groups is 1. The molecule has 0 aliphatic heterocycles. The second-order valence-electron chi connectivity index (χ2n) is 3.24. The van der Waals surface area contributed by atoms with Crippen molar-refractivity contribution in [2.24, 2.45) is 5.73 Å². The molecule has 0 spiro atoms. The van der Waals surface area contributed by atoms with Crippen LogP contribution in [-0.2, 0) is 6.54 Å². The summed E-state index contributed by atoms with van der Waals surface area (Å²) in [5.74, 6) is -0.575. The average molecular weight is 253 g/mol. The lowest BCUT2D eigenvalue weighted by molar-refractivity contribution is 0.0987. The summed E-state index contributed by atoms with van der Waals surface area (Å²) in [6.45, 7) is 0.292. The number of carbonyl (C=O) groups excluding carboxylic acids is 1. The van der Waals surface area contributed by atoms with Gasteiger partial charge in [-0.25, -0.2) is 0 Å². The van der Waals surface area contributed by atoms with Crippen molar-refractivity contribution in [1.82, 2.24) is 10.1 Å². The van der Waals surface area contributed by atoms with Crippen molar-refractivity contribution in [3.63, 3.8) is 0 Å². The summed E-state index contributed by atoms with van der Waals surface area (Å²) in [6, 6.07) is 7.18. The molecule has 0 unspecified atom stereocenters. The minimum atomic E-state index is -0.720. The third kappa shape index (κ3) is 2.94. The topological polar surface area (TPSA) is 94.0 Å². The molecule has 0 saturated heterocycles. The molecule has 0 atom stereocenters. The standard InChI is InChI=1S/C10H9ClN4O2/c11-6-2-1-3-7(4-6)13-5-8-14-10(9(12)16)15-17-8/h1-4,13H,5H2,(H2,12,16). The molecule has 2 aromatic rings. The molecule has 1 aromatic heterocycles. The first-order valence-corrected chi connectivity index (χ1v) is 5.15. The second-order valence-corrected chi connectivity index (χ2v) is 3.68. The number of nitrogens with two attached hydrogens (primary N) is 1. The highest BCUT2D eigenvalue weighted by Crippen LogP contribution is 2.15. The maximum atomic E-state index is 10.7. The Labute approximate surface area is 102 Å². The predicted octanol–water partition coefficient (Wildman–Crippen LogP) is 1.43. The zero-order valence-corrected chi connectivity index (χ0v) is 9.44. The van der Waals surface area contributed by atoms with Gasteiger partial charge in [-0.15, -0.1) is 0 Å². The van der Waals surface area contributed by atoms with E-state index < -0.39 is 5.91 Å². The zero-order valence-electron chi connectivity index (χ0n) is 8.68. The predicted molar refractivity (Wildman–Crippen MR) is 61.6 cm³/mol. The smallest absolute Gasteiger partial charge is 0.290 e. The Balaban J connectivity index is 2.00. The van der Waals surface area contributed by atoms with Crippen LogP contribution in [0, 0.1) is 0 Å². The first kappa shape index (κ1) is 11.4. The first-order chi connectivity index (χ1) is 8.15. The summed E-state index contributed by atoms with van der Waals surface area (Å²) in [4.78, 5) is 14.5. The summed E-state index contributed by atoms with van der Waals surface area (Å²) in [7, 11) is 0. The normalized spacial score (nSPS) is 10.2. The van der Waals surface area contributed by atoms with E-state index in [4.69, 9.17) is 21.9 Å². The van der Waals surface area contributed by atoms with Gasteiger partial charge in [0.05, 0.1) is 6.54 Å². The van der Waals surface area contributed by atoms with Crippen molar-refractivity contribution in [2.75, 3.05) is 5.32 Å². The van der Waals surface area contributed by atoms with E-state index in [-0.39, 0.29) is 11.7 Å². The molecule has 6 nitrogen and oxygen atoms in total. The molecule has 88 valence electrons. The average Bonchev–Trinajstić information content (AvgIpc) is 2.75. The number of hydrogen-bond donors (Lipinski definition) is 2. The third-order valence-corrected chi connectivity index (χ3v) is 2.19. The molecule has 1 aromatic carbocycles. The summed E-state index contributed by atoms with van der Waals surface area (Å²) < 4.78 is 4.82. The monoisotopic (exact) mass is 252 g/mol. The van der Waals surface area contributed by atoms with Crippen LogP contribution in [0.25, 0.3) is 0 Å². The number of rotatable bonds is 4. The van der Waals surface area contributed by atoms with Gasteiger partial charge in [-0.3, -0.25) is 4.79 Å². The van der Waals surface area contributed by atoms with Crippen molar-refractivity contribution in [2.45, 2.75) is 6.54 Å². The van der Waals surface area contributed by atoms with Gasteiger partial charge >= 0.3 is 0 Å². The highest BCUT2D eigenvalue weighted by atomic mass is 35.5. The van der Waals surface area contributed by atoms with Gasteiger partial charge in [-0.2, -0.15) is 4.98 Å². The largest absolute Gasteiger partial charge is 0.376 e. The third-order valence-electron chi connectivity index (χ3n) is 1.96. The molecule has 1 heterocycles. The number of amides is 1. The molecular formula is C10H9ClN4O2. The van der Waals surface area contributed by atoms with Crippen LogP contribution in [0.15, 0.2) is 28.8 Å². The lowest BCUT2D eigenvalue weighted by Gasteiger charge is -2.02. The van der Waals surface area contributed by atoms with Gasteiger partial charge in [0.15, 0.2) is 0 Å². The number of anilines is 1. The zero-order chi connectivity index (χ0) is 12.3. The SMILES string of the molecule is NC(=O)c1noc(CNc2cccc(Cl)c2)n1. The quantitative estimate of drug-likeness (QED) is 0.859. The van der Waals surface area contributed by atoms with E-state index in [9.17, 15) is 4.79 Å². The van der Waals surface area contributed by atoms with E-state index in [1.54, 1.807) is 12.1 Å². The van der Waals surface area contributed by atoms with Gasteiger partial charge in [0, 0.05) is 10.7 Å². The van der Waals surface area contributed by atoms with Gasteiger partial charge in [0.25, 0.3) is 11.7 Å². The number of benzene rings is 1. The molecule has 0 aliphatic carbocycles. The van der Waals surface area contributed by atoms with E-state index in [0.29, 0.717) is 11.6 Å². The van der Waals surface area contributed by atoms with Crippen molar-refractivity contribution in [3.05, 3.63) is 41.0 Å². The molecular weight excluding hydrogens is 244 g/mol. The Morgan fingerprint density at radius 2 is 2.35 bits per heavy atom. The van der Waals surface area contributed by atoms with Gasteiger partial charge in [0.2, 0.25) is 5.89 Å². The molecule has 3 N–H and O–H groups in total. The second kappa shape index (κ2) is 4.84. The Morgan fingerprint density at radius 1 is 1.53 bits per heavy atom. The summed E-state index contributed by atoms with van der Waals surface area (Å²) in [5.41, 5.74) is 5.81. The van der Waals surface area contributed by atoms with Gasteiger partial charge < -0.3 is 15.6 Å². The first-order valence-electron chi connectivity index (χ1n) is 4.77. The summed E-state index contributed by atoms with van der Waals surface area (Å²) in [5, 5.41) is 7.06. The lowest BCUT2D eigenvalue weighted by Crippen LogP contribution is -2.13. The maximum absolute atomic E-state index is 10.7. The van der Waals surface area contributed by atoms with Crippen molar-refractivity contribution in [1.29, 1.82) is 0 Å². The van der Waals surface area contributed by atoms with Crippen molar-refractivity contribution < 1.29 is 9.32 Å². The van der Waals surface area contributed by atoms with Gasteiger partial charge in [-0.05, 0) is 18.2 Å². The number of primary amides is 1. The molecule has 0 bridgehead atoms. The summed E-state index contributed by atoms with van der Waals surface area (Å²) >= 11 is 5.82. The van der Waals surface area contributed by atoms with Crippen LogP contribution in [-0.4, -0.2) is 16.0 Å². The van der Waals surface area contributed by atoms with Crippen molar-refractivity contribution in [3.8, 4) is 0 Å². The Kier molecular flexibility index (Phi) is 3.24. The molecule has 17 heavy (non-hydrogen) atoms. The Morgan fingerprint density at radius 3 is 3.00 bits per heavy atom. The molecule has 7 heteroatoms. The van der Waals surface area contributed by atoms with Crippen LogP contribution in [0.1, 0.15) is 16.5 Å². The molecule has 1 amide bonds. The number of nitrogens with zero attached hydrogens (tertiary/aromatic N) is 2. The van der Waals surface area contributed by atoms with E-state index >= 15 is 0 Å². The van der Waals surface area contributed by atoms with Crippen molar-refractivity contribution >= 4 is 23.2 Å². The highest BCUT2D eigenvalue weighted by molar-refractivity contribution is 6.30. The van der Waals surface area contributed by atoms with Crippen LogP contribution >= 0.6 is 11.6 Å². The van der Waals surface area contributed by atoms with Crippen LogP contribution in [0.5, 0.6) is 0 Å². The van der Waals surface area contributed by atoms with Gasteiger partial charge in [0.1, 0.15) is 0 Å². The summed E-state index contributed by atoms with van der Waals surface area (Å²) in [6.07, 6.45) is 0. The fraction of sp³-hybridized carbons (Fsp3) is 0.100. The number of nitrogens with one attached hydrogen (secondary N) is 1. The number of aromatic nitrogens is 2. The highest BCUT2D eigenvalue weighted by Gasteiger charge is 2.10. The Hall–Kier alpha value is -2.08. The number of hydrogen-bond acceptors (Lipinski definition) is 5. The maximum Gasteiger partial charge on any atom is 0.290 e. The van der Waals surface area contributed by atoms with Crippen LogP contribution in [0.3, 0.4) is 0 Å². The number of halogens is 1.